The molecular formula is C11H25N. The van der Waals surface area contributed by atoms with Gasteiger partial charge in [-0.2, -0.15) is 0 Å². The van der Waals surface area contributed by atoms with Gasteiger partial charge < -0.3 is 5.73 Å². The van der Waals surface area contributed by atoms with Crippen molar-refractivity contribution in [2.45, 2.75) is 53.5 Å². The van der Waals surface area contributed by atoms with Gasteiger partial charge in [0.15, 0.2) is 0 Å². The van der Waals surface area contributed by atoms with Crippen molar-refractivity contribution in [3.8, 4) is 0 Å². The summed E-state index contributed by atoms with van der Waals surface area (Å²) in [6.07, 6.45) is 1.06. The Morgan fingerprint density at radius 3 is 1.83 bits per heavy atom. The van der Waals surface area contributed by atoms with Crippen LogP contribution in [0.4, 0.5) is 0 Å². The summed E-state index contributed by atoms with van der Waals surface area (Å²) in [4.78, 5) is 0. The van der Waals surface area contributed by atoms with Crippen LogP contribution in [-0.4, -0.2) is 5.54 Å². The fraction of sp³-hybridized carbons (Fsp3) is 1.00. The van der Waals surface area contributed by atoms with E-state index in [0.29, 0.717) is 11.8 Å². The minimum Gasteiger partial charge on any atom is -0.325 e. The van der Waals surface area contributed by atoms with Crippen LogP contribution in [0.5, 0.6) is 0 Å². The van der Waals surface area contributed by atoms with Crippen LogP contribution in [0, 0.1) is 17.8 Å². The molecule has 3 atom stereocenters. The predicted octanol–water partition coefficient (Wildman–Crippen LogP) is 3.04. The first-order valence-corrected chi connectivity index (χ1v) is 5.11. The second-order valence-corrected chi connectivity index (χ2v) is 4.75. The largest absolute Gasteiger partial charge is 0.325 e. The van der Waals surface area contributed by atoms with Crippen LogP contribution in [0.1, 0.15) is 48.0 Å². The highest BCUT2D eigenvalue weighted by Crippen LogP contribution is 2.29. The molecule has 0 aromatic carbocycles. The minimum absolute atomic E-state index is 0.00366. The summed E-state index contributed by atoms with van der Waals surface area (Å²) in [5.41, 5.74) is 6.20. The molecule has 0 bridgehead atoms. The third-order valence-electron chi connectivity index (χ3n) is 3.64. The van der Waals surface area contributed by atoms with Gasteiger partial charge in [0.05, 0.1) is 0 Å². The lowest BCUT2D eigenvalue weighted by Gasteiger charge is -2.36. The minimum atomic E-state index is 0.00366. The zero-order valence-corrected chi connectivity index (χ0v) is 9.52. The summed E-state index contributed by atoms with van der Waals surface area (Å²) >= 11 is 0. The van der Waals surface area contributed by atoms with E-state index in [2.05, 4.69) is 41.5 Å². The second-order valence-electron chi connectivity index (χ2n) is 4.75. The van der Waals surface area contributed by atoms with Crippen molar-refractivity contribution in [2.24, 2.45) is 23.5 Å². The molecule has 0 saturated carbocycles. The molecule has 0 aliphatic heterocycles. The lowest BCUT2D eigenvalue weighted by Crippen LogP contribution is -2.45. The molecule has 0 rings (SSSR count). The van der Waals surface area contributed by atoms with E-state index in [-0.39, 0.29) is 5.54 Å². The summed E-state index contributed by atoms with van der Waals surface area (Å²) in [6.45, 7) is 13.4. The lowest BCUT2D eigenvalue weighted by atomic mass is 9.74. The maximum atomic E-state index is 6.20. The number of nitrogens with two attached hydrogens (primary N) is 1. The first-order chi connectivity index (χ1) is 5.33. The Morgan fingerprint density at radius 2 is 1.58 bits per heavy atom. The van der Waals surface area contributed by atoms with E-state index in [9.17, 15) is 0 Å². The number of hydrogen-bond acceptors (Lipinski definition) is 1. The second kappa shape index (κ2) is 4.27. The van der Waals surface area contributed by atoms with E-state index in [1.807, 2.05) is 0 Å². The average Bonchev–Trinajstić information content (AvgIpc) is 2.01. The molecule has 0 heterocycles. The van der Waals surface area contributed by atoms with Crippen molar-refractivity contribution in [3.63, 3.8) is 0 Å². The van der Waals surface area contributed by atoms with E-state index >= 15 is 0 Å². The highest BCUT2D eigenvalue weighted by Gasteiger charge is 2.29. The monoisotopic (exact) mass is 171 g/mol. The maximum absolute atomic E-state index is 6.20. The molecule has 0 fully saturated rings. The van der Waals surface area contributed by atoms with Gasteiger partial charge in [0.25, 0.3) is 0 Å². The molecule has 0 aliphatic carbocycles. The van der Waals surface area contributed by atoms with Gasteiger partial charge in [0, 0.05) is 5.54 Å². The van der Waals surface area contributed by atoms with Gasteiger partial charge in [-0.3, -0.25) is 0 Å². The van der Waals surface area contributed by atoms with Crippen LogP contribution >= 0.6 is 0 Å². The van der Waals surface area contributed by atoms with E-state index in [1.165, 1.54) is 0 Å². The summed E-state index contributed by atoms with van der Waals surface area (Å²) in [6, 6.07) is 0. The third kappa shape index (κ3) is 2.78. The van der Waals surface area contributed by atoms with Gasteiger partial charge in [-0.25, -0.2) is 0 Å². The van der Waals surface area contributed by atoms with E-state index < -0.39 is 0 Å². The van der Waals surface area contributed by atoms with Crippen molar-refractivity contribution in [3.05, 3.63) is 0 Å². The molecule has 0 aromatic heterocycles. The molecule has 0 radical (unpaired) electrons. The fourth-order valence-electron chi connectivity index (χ4n) is 1.50. The maximum Gasteiger partial charge on any atom is 0.0151 e. The molecule has 0 aromatic rings. The van der Waals surface area contributed by atoms with Crippen LogP contribution in [0.2, 0.25) is 0 Å². The molecule has 0 aliphatic rings. The molecular weight excluding hydrogens is 146 g/mol. The van der Waals surface area contributed by atoms with Crippen LogP contribution < -0.4 is 5.73 Å². The first kappa shape index (κ1) is 12.0. The molecule has 1 heteroatoms. The van der Waals surface area contributed by atoms with Crippen molar-refractivity contribution < 1.29 is 0 Å². The van der Waals surface area contributed by atoms with Crippen LogP contribution in [0.3, 0.4) is 0 Å². The third-order valence-corrected chi connectivity index (χ3v) is 3.64. The Labute approximate surface area is 77.7 Å². The molecule has 2 N–H and O–H groups in total. The van der Waals surface area contributed by atoms with Crippen molar-refractivity contribution in [1.82, 2.24) is 0 Å². The topological polar surface area (TPSA) is 26.0 Å². The number of rotatable bonds is 4. The van der Waals surface area contributed by atoms with E-state index in [4.69, 9.17) is 5.73 Å². The molecule has 74 valence electrons. The Kier molecular flexibility index (Phi) is 4.25. The smallest absolute Gasteiger partial charge is 0.0151 e. The summed E-state index contributed by atoms with van der Waals surface area (Å²) < 4.78 is 0. The predicted molar refractivity (Wildman–Crippen MR) is 56.0 cm³/mol. The van der Waals surface area contributed by atoms with Crippen LogP contribution in [0.25, 0.3) is 0 Å². The van der Waals surface area contributed by atoms with Gasteiger partial charge in [-0.05, 0) is 31.1 Å². The molecule has 0 amide bonds. The van der Waals surface area contributed by atoms with Crippen molar-refractivity contribution >= 4 is 0 Å². The van der Waals surface area contributed by atoms with Crippen molar-refractivity contribution in [2.75, 3.05) is 0 Å². The zero-order valence-electron chi connectivity index (χ0n) is 9.52. The first-order valence-electron chi connectivity index (χ1n) is 5.11. The SMILES string of the molecule is CCC(C)(N)C(C)C(C)C(C)C. The Balaban J connectivity index is 4.27. The Bertz CT molecular complexity index is 127. The summed E-state index contributed by atoms with van der Waals surface area (Å²) in [7, 11) is 0. The van der Waals surface area contributed by atoms with Gasteiger partial charge in [-0.15, -0.1) is 0 Å². The standard InChI is InChI=1S/C11H25N/c1-7-11(6,12)10(5)9(4)8(2)3/h8-10H,7,12H2,1-6H3. The normalized spacial score (nSPS) is 22.0. The van der Waals surface area contributed by atoms with Gasteiger partial charge in [-0.1, -0.05) is 34.6 Å². The molecule has 0 spiro atoms. The molecule has 3 unspecified atom stereocenters. The molecule has 0 saturated heterocycles. The average molecular weight is 171 g/mol. The fourth-order valence-corrected chi connectivity index (χ4v) is 1.50. The molecule has 12 heavy (non-hydrogen) atoms. The van der Waals surface area contributed by atoms with Crippen LogP contribution in [-0.2, 0) is 0 Å². The van der Waals surface area contributed by atoms with Gasteiger partial charge >= 0.3 is 0 Å². The zero-order chi connectivity index (χ0) is 9.94. The van der Waals surface area contributed by atoms with E-state index in [1.54, 1.807) is 0 Å². The molecule has 1 nitrogen and oxygen atoms in total. The summed E-state index contributed by atoms with van der Waals surface area (Å²) in [5, 5.41) is 0. The Hall–Kier alpha value is -0.0400. The lowest BCUT2D eigenvalue weighted by molar-refractivity contribution is 0.186. The van der Waals surface area contributed by atoms with Crippen molar-refractivity contribution in [1.29, 1.82) is 0 Å². The Morgan fingerprint density at radius 1 is 1.17 bits per heavy atom. The van der Waals surface area contributed by atoms with Gasteiger partial charge in [0.1, 0.15) is 0 Å². The number of hydrogen-bond donors (Lipinski definition) is 1. The highest BCUT2D eigenvalue weighted by atomic mass is 14.7. The van der Waals surface area contributed by atoms with E-state index in [0.717, 1.165) is 12.3 Å². The highest BCUT2D eigenvalue weighted by molar-refractivity contribution is 4.86. The van der Waals surface area contributed by atoms with Gasteiger partial charge in [0.2, 0.25) is 0 Å². The summed E-state index contributed by atoms with van der Waals surface area (Å²) in [5.74, 6) is 2.04. The van der Waals surface area contributed by atoms with Crippen LogP contribution in [0.15, 0.2) is 0 Å². The quantitative estimate of drug-likeness (QED) is 0.691.